The van der Waals surface area contributed by atoms with Crippen LogP contribution in [0.3, 0.4) is 0 Å². The first-order valence-corrected chi connectivity index (χ1v) is 9.44. The number of ether oxygens (including phenoxy) is 3. The van der Waals surface area contributed by atoms with Crippen molar-refractivity contribution in [3.05, 3.63) is 84.2 Å². The third-order valence-electron chi connectivity index (χ3n) is 4.18. The van der Waals surface area contributed by atoms with Crippen molar-refractivity contribution in [3.8, 4) is 16.9 Å². The van der Waals surface area contributed by atoms with E-state index in [1.54, 1.807) is 30.3 Å². The minimum atomic E-state index is -0.893. The van der Waals surface area contributed by atoms with Gasteiger partial charge in [-0.25, -0.2) is 14.0 Å². The minimum Gasteiger partial charge on any atom is -0.489 e. The maximum atomic E-state index is 13.3. The van der Waals surface area contributed by atoms with Crippen LogP contribution in [0.15, 0.2) is 72.8 Å². The van der Waals surface area contributed by atoms with Crippen LogP contribution in [0.5, 0.6) is 5.75 Å². The van der Waals surface area contributed by atoms with Crippen LogP contribution in [0.1, 0.15) is 5.56 Å². The fraction of sp³-hybridized carbons (Fsp3) is 0.130. The van der Waals surface area contributed by atoms with Crippen LogP contribution < -0.4 is 15.8 Å². The summed E-state index contributed by atoms with van der Waals surface area (Å²) in [5, 5.41) is 2.67. The Morgan fingerprint density at radius 3 is 2.35 bits per heavy atom. The standard InChI is InChI=1S/C23H21FN2O5/c24-18-8-6-17(7-9-18)20-14-19(10-11-21(20)29-12-13-30-22(25)27)26-23(28)31-15-16-4-2-1-3-5-16/h1-11,14H,12-13,15H2,(H2,25,27)(H,26,28). The van der Waals surface area contributed by atoms with E-state index in [-0.39, 0.29) is 25.6 Å². The zero-order valence-electron chi connectivity index (χ0n) is 16.5. The predicted octanol–water partition coefficient (Wildman–Crippen LogP) is 4.72. The average Bonchev–Trinajstić information content (AvgIpc) is 2.77. The lowest BCUT2D eigenvalue weighted by Crippen LogP contribution is -2.17. The molecule has 7 nitrogen and oxygen atoms in total. The maximum Gasteiger partial charge on any atom is 0.411 e. The van der Waals surface area contributed by atoms with E-state index in [1.165, 1.54) is 12.1 Å². The van der Waals surface area contributed by atoms with Crippen molar-refractivity contribution < 1.29 is 28.2 Å². The van der Waals surface area contributed by atoms with Gasteiger partial charge in [0, 0.05) is 11.3 Å². The SMILES string of the molecule is NC(=O)OCCOc1ccc(NC(=O)OCc2ccccc2)cc1-c1ccc(F)cc1. The lowest BCUT2D eigenvalue weighted by atomic mass is 10.0. The molecule has 3 rings (SSSR count). The van der Waals surface area contributed by atoms with E-state index in [0.29, 0.717) is 22.6 Å². The number of primary amides is 1. The molecular formula is C23H21FN2O5. The molecule has 0 unspecified atom stereocenters. The third kappa shape index (κ3) is 6.74. The molecule has 0 fully saturated rings. The van der Waals surface area contributed by atoms with Gasteiger partial charge < -0.3 is 19.9 Å². The summed E-state index contributed by atoms with van der Waals surface area (Å²) in [5.41, 5.74) is 7.55. The summed E-state index contributed by atoms with van der Waals surface area (Å²) in [7, 11) is 0. The van der Waals surface area contributed by atoms with Crippen LogP contribution in [0.25, 0.3) is 11.1 Å². The molecule has 0 atom stereocenters. The minimum absolute atomic E-state index is 0.0238. The van der Waals surface area contributed by atoms with Crippen molar-refractivity contribution in [2.45, 2.75) is 6.61 Å². The van der Waals surface area contributed by atoms with Gasteiger partial charge in [0.2, 0.25) is 0 Å². The van der Waals surface area contributed by atoms with E-state index in [1.807, 2.05) is 30.3 Å². The Bertz CT molecular complexity index is 1030. The molecule has 0 aliphatic carbocycles. The number of hydrogen-bond acceptors (Lipinski definition) is 5. The summed E-state index contributed by atoms with van der Waals surface area (Å²) in [4.78, 5) is 22.8. The summed E-state index contributed by atoms with van der Waals surface area (Å²) in [5.74, 6) is 0.0859. The molecule has 0 saturated heterocycles. The highest BCUT2D eigenvalue weighted by atomic mass is 19.1. The molecule has 0 spiro atoms. The van der Waals surface area contributed by atoms with Crippen molar-refractivity contribution >= 4 is 17.9 Å². The highest BCUT2D eigenvalue weighted by molar-refractivity contribution is 5.87. The number of amides is 2. The molecule has 0 radical (unpaired) electrons. The number of benzene rings is 3. The van der Waals surface area contributed by atoms with E-state index in [2.05, 4.69) is 10.1 Å². The van der Waals surface area contributed by atoms with E-state index in [4.69, 9.17) is 15.2 Å². The van der Waals surface area contributed by atoms with Gasteiger partial charge in [0.05, 0.1) is 0 Å². The van der Waals surface area contributed by atoms with Gasteiger partial charge in [0.1, 0.15) is 31.4 Å². The Labute approximate surface area is 178 Å². The van der Waals surface area contributed by atoms with Gasteiger partial charge in [-0.1, -0.05) is 42.5 Å². The number of hydrogen-bond donors (Lipinski definition) is 2. The van der Waals surface area contributed by atoms with Crippen molar-refractivity contribution in [1.82, 2.24) is 0 Å². The molecule has 2 amide bonds. The molecule has 0 aliphatic heterocycles. The van der Waals surface area contributed by atoms with E-state index < -0.39 is 12.2 Å². The second-order valence-electron chi connectivity index (χ2n) is 6.42. The second-order valence-corrected chi connectivity index (χ2v) is 6.42. The van der Waals surface area contributed by atoms with Crippen LogP contribution in [0, 0.1) is 5.82 Å². The molecule has 3 N–H and O–H groups in total. The summed E-state index contributed by atoms with van der Waals surface area (Å²) in [6, 6.07) is 20.1. The van der Waals surface area contributed by atoms with Gasteiger partial charge in [0.15, 0.2) is 0 Å². The highest BCUT2D eigenvalue weighted by Crippen LogP contribution is 2.33. The lowest BCUT2D eigenvalue weighted by Gasteiger charge is -2.14. The van der Waals surface area contributed by atoms with Gasteiger partial charge in [-0.15, -0.1) is 0 Å². The van der Waals surface area contributed by atoms with E-state index in [9.17, 15) is 14.0 Å². The van der Waals surface area contributed by atoms with Crippen LogP contribution in [-0.4, -0.2) is 25.4 Å². The number of nitrogens with one attached hydrogen (secondary N) is 1. The number of nitrogens with two attached hydrogens (primary N) is 1. The summed E-state index contributed by atoms with van der Waals surface area (Å²) in [6.45, 7) is 0.186. The molecule has 0 aromatic heterocycles. The molecule has 3 aromatic rings. The Kier molecular flexibility index (Phi) is 7.42. The number of rotatable bonds is 8. The Balaban J connectivity index is 1.72. The normalized spacial score (nSPS) is 10.2. The molecule has 0 bridgehead atoms. The van der Waals surface area contributed by atoms with E-state index >= 15 is 0 Å². The molecular weight excluding hydrogens is 403 g/mol. The van der Waals surface area contributed by atoms with Crippen LogP contribution >= 0.6 is 0 Å². The van der Waals surface area contributed by atoms with Gasteiger partial charge in [0.25, 0.3) is 0 Å². The van der Waals surface area contributed by atoms with Crippen LogP contribution in [-0.2, 0) is 16.1 Å². The maximum absolute atomic E-state index is 13.3. The number of carbonyl (C=O) groups excluding carboxylic acids is 2. The molecule has 0 aliphatic rings. The van der Waals surface area contributed by atoms with Gasteiger partial charge >= 0.3 is 12.2 Å². The smallest absolute Gasteiger partial charge is 0.411 e. The van der Waals surface area contributed by atoms with Crippen molar-refractivity contribution in [1.29, 1.82) is 0 Å². The molecule has 0 saturated carbocycles. The predicted molar refractivity (Wildman–Crippen MR) is 113 cm³/mol. The molecule has 3 aromatic carbocycles. The van der Waals surface area contributed by atoms with Gasteiger partial charge in [-0.2, -0.15) is 0 Å². The van der Waals surface area contributed by atoms with E-state index in [0.717, 1.165) is 5.56 Å². The summed E-state index contributed by atoms with van der Waals surface area (Å²) >= 11 is 0. The molecule has 31 heavy (non-hydrogen) atoms. The Morgan fingerprint density at radius 2 is 1.65 bits per heavy atom. The zero-order valence-corrected chi connectivity index (χ0v) is 16.5. The quantitative estimate of drug-likeness (QED) is 0.510. The third-order valence-corrected chi connectivity index (χ3v) is 4.18. The first kappa shape index (κ1) is 21.6. The first-order chi connectivity index (χ1) is 15.0. The largest absolute Gasteiger partial charge is 0.489 e. The monoisotopic (exact) mass is 424 g/mol. The number of anilines is 1. The van der Waals surface area contributed by atoms with Crippen molar-refractivity contribution in [2.24, 2.45) is 5.73 Å². The summed E-state index contributed by atoms with van der Waals surface area (Å²) in [6.07, 6.45) is -1.51. The zero-order chi connectivity index (χ0) is 22.1. The van der Waals surface area contributed by atoms with Crippen molar-refractivity contribution in [2.75, 3.05) is 18.5 Å². The second kappa shape index (κ2) is 10.6. The van der Waals surface area contributed by atoms with Gasteiger partial charge in [-0.3, -0.25) is 5.32 Å². The highest BCUT2D eigenvalue weighted by Gasteiger charge is 2.11. The topological polar surface area (TPSA) is 99.9 Å². The summed E-state index contributed by atoms with van der Waals surface area (Å²) < 4.78 is 28.9. The van der Waals surface area contributed by atoms with Crippen molar-refractivity contribution in [3.63, 3.8) is 0 Å². The first-order valence-electron chi connectivity index (χ1n) is 9.44. The average molecular weight is 424 g/mol. The fourth-order valence-corrected chi connectivity index (χ4v) is 2.76. The number of halogens is 1. The Morgan fingerprint density at radius 1 is 0.903 bits per heavy atom. The van der Waals surface area contributed by atoms with Gasteiger partial charge in [-0.05, 0) is 41.5 Å². The van der Waals surface area contributed by atoms with Crippen LogP contribution in [0.4, 0.5) is 19.7 Å². The van der Waals surface area contributed by atoms with Crippen LogP contribution in [0.2, 0.25) is 0 Å². The molecule has 160 valence electrons. The Hall–Kier alpha value is -4.07. The number of carbonyl (C=O) groups is 2. The molecule has 0 heterocycles. The molecule has 8 heteroatoms. The lowest BCUT2D eigenvalue weighted by molar-refractivity contribution is 0.134. The fourth-order valence-electron chi connectivity index (χ4n) is 2.76.